The second-order valence-electron chi connectivity index (χ2n) is 8.88. The molecule has 7 nitrogen and oxygen atoms in total. The quantitative estimate of drug-likeness (QED) is 0.430. The molecular weight excluding hydrogens is 487 g/mol. The van der Waals surface area contributed by atoms with Crippen molar-refractivity contribution in [2.24, 2.45) is 11.3 Å². The van der Waals surface area contributed by atoms with Gasteiger partial charge in [0, 0.05) is 57.9 Å². The lowest BCUT2D eigenvalue weighted by Crippen LogP contribution is -3.15. The first-order chi connectivity index (χ1) is 15.6. The summed E-state index contributed by atoms with van der Waals surface area (Å²) < 4.78 is 4.63. The molecule has 1 unspecified atom stereocenters. The fraction of sp³-hybridized carbons (Fsp3) is 0.565. The number of esters is 1. The van der Waals surface area contributed by atoms with Gasteiger partial charge < -0.3 is 10.1 Å². The summed E-state index contributed by atoms with van der Waals surface area (Å²) in [5.41, 5.74) is -0.0249. The van der Waals surface area contributed by atoms with Crippen molar-refractivity contribution in [2.75, 3.05) is 26.0 Å². The van der Waals surface area contributed by atoms with E-state index in [0.29, 0.717) is 60.2 Å². The Morgan fingerprint density at radius 1 is 1.27 bits per heavy atom. The number of nitrogens with one attached hydrogen (secondary N) is 2. The summed E-state index contributed by atoms with van der Waals surface area (Å²) in [5.74, 6) is -0.248. The first-order valence-electron chi connectivity index (χ1n) is 11.0. The van der Waals surface area contributed by atoms with E-state index in [-0.39, 0.29) is 23.5 Å². The van der Waals surface area contributed by atoms with Crippen LogP contribution in [0.4, 0.5) is 0 Å². The average Bonchev–Trinajstić information content (AvgIpc) is 2.81. The van der Waals surface area contributed by atoms with Crippen LogP contribution in [0.15, 0.2) is 32.7 Å². The van der Waals surface area contributed by atoms with E-state index in [2.05, 4.69) is 10.1 Å². The number of ketones is 1. The molecule has 1 fully saturated rings. The van der Waals surface area contributed by atoms with Crippen LogP contribution in [0.2, 0.25) is 0 Å². The van der Waals surface area contributed by atoms with Crippen LogP contribution in [-0.2, 0) is 23.9 Å². The Kier molecular flexibility index (Phi) is 8.48. The van der Waals surface area contributed by atoms with E-state index in [0.717, 1.165) is 9.81 Å². The van der Waals surface area contributed by atoms with Crippen LogP contribution >= 0.6 is 35.0 Å². The molecule has 2 aliphatic heterocycles. The second kappa shape index (κ2) is 10.8. The molecule has 1 saturated heterocycles. The van der Waals surface area contributed by atoms with Crippen molar-refractivity contribution in [3.8, 4) is 0 Å². The number of rotatable bonds is 5. The molecule has 2 N–H and O–H groups in total. The van der Waals surface area contributed by atoms with Crippen LogP contribution in [0.1, 0.15) is 39.5 Å². The number of halogens is 2. The highest BCUT2D eigenvalue weighted by atomic mass is 35.5. The molecule has 0 aromatic heterocycles. The summed E-state index contributed by atoms with van der Waals surface area (Å²) in [6.45, 7) is 4.49. The molecule has 0 aromatic carbocycles. The molecule has 2 amide bonds. The van der Waals surface area contributed by atoms with E-state index in [1.54, 1.807) is 24.8 Å². The second-order valence-corrected chi connectivity index (χ2v) is 10.7. The van der Waals surface area contributed by atoms with Gasteiger partial charge in [0.05, 0.1) is 25.2 Å². The Hall–Kier alpha value is -1.61. The van der Waals surface area contributed by atoms with E-state index in [1.807, 2.05) is 6.92 Å². The molecule has 0 aromatic rings. The van der Waals surface area contributed by atoms with Gasteiger partial charge in [-0.1, -0.05) is 36.2 Å². The summed E-state index contributed by atoms with van der Waals surface area (Å²) in [6.07, 6.45) is 5.26. The molecule has 10 heteroatoms. The minimum Gasteiger partial charge on any atom is -0.467 e. The molecule has 2 heterocycles. The van der Waals surface area contributed by atoms with Crippen LogP contribution in [-0.4, -0.2) is 55.6 Å². The summed E-state index contributed by atoms with van der Waals surface area (Å²) >= 11 is 14.6. The molecule has 33 heavy (non-hydrogen) atoms. The number of carbonyl (C=O) groups is 4. The minimum atomic E-state index is -0.720. The van der Waals surface area contributed by atoms with Crippen molar-refractivity contribution < 1.29 is 28.8 Å². The zero-order valence-corrected chi connectivity index (χ0v) is 21.3. The highest BCUT2D eigenvalue weighted by molar-refractivity contribution is 8.03. The lowest BCUT2D eigenvalue weighted by atomic mass is 9.77. The number of piperidine rings is 1. The van der Waals surface area contributed by atoms with E-state index in [1.165, 1.54) is 13.2 Å². The lowest BCUT2D eigenvalue weighted by molar-refractivity contribution is -0.824. The number of hydrogen-bond donors (Lipinski definition) is 2. The molecular formula is C23H29Cl2N2O5S+. The third-order valence-corrected chi connectivity index (χ3v) is 8.80. The van der Waals surface area contributed by atoms with Crippen LogP contribution < -0.4 is 10.2 Å². The van der Waals surface area contributed by atoms with Gasteiger partial charge in [-0.2, -0.15) is 0 Å². The number of thioether (sulfide) groups is 1. The predicted molar refractivity (Wildman–Crippen MR) is 128 cm³/mol. The van der Waals surface area contributed by atoms with E-state index < -0.39 is 17.4 Å². The standard InChI is InChI=1S/C23H28Cl2N2O5S/c1-13(22(31)32-3)26-21(30)14-5-9-27(10-6-14)17(29)4-8-23(2)12-15-16(28)7-11-33-19(15)18(24)20(23)25/h4,8,13-14H,5-7,9-12H2,1-3H3,(H,26,30)/p+1/b8-4+/t13-,23?/m0/s1. The number of methoxy groups -OCH3 is 1. The molecule has 1 aliphatic carbocycles. The zero-order chi connectivity index (χ0) is 24.3. The number of carbonyl (C=O) groups excluding carboxylic acids is 4. The number of ether oxygens (including phenoxy) is 1. The summed E-state index contributed by atoms with van der Waals surface area (Å²) in [7, 11) is 1.28. The average molecular weight is 516 g/mol. The topological polar surface area (TPSA) is 94.0 Å². The van der Waals surface area contributed by atoms with Crippen molar-refractivity contribution in [1.29, 1.82) is 0 Å². The predicted octanol–water partition coefficient (Wildman–Crippen LogP) is 2.10. The Balaban J connectivity index is 1.59. The number of quaternary nitrogens is 1. The number of likely N-dealkylation sites (tertiary alicyclic amines) is 1. The smallest absolute Gasteiger partial charge is 0.336 e. The Morgan fingerprint density at radius 3 is 2.58 bits per heavy atom. The van der Waals surface area contributed by atoms with Crippen molar-refractivity contribution in [3.63, 3.8) is 0 Å². The number of hydrogen-bond acceptors (Lipinski definition) is 6. The van der Waals surface area contributed by atoms with Crippen LogP contribution in [0.5, 0.6) is 0 Å². The largest absolute Gasteiger partial charge is 0.467 e. The SMILES string of the molecule is COC(=O)[C@H](C)NC(=O)C1CC[NH+](C(=O)/C=C/C2(C)CC3=C(SCCC3=O)C(Cl)=C2Cl)CC1. The van der Waals surface area contributed by atoms with E-state index in [9.17, 15) is 19.2 Å². The van der Waals surface area contributed by atoms with Gasteiger partial charge in [0.1, 0.15) is 6.04 Å². The van der Waals surface area contributed by atoms with Gasteiger partial charge in [-0.15, -0.1) is 11.8 Å². The van der Waals surface area contributed by atoms with Crippen LogP contribution in [0.3, 0.4) is 0 Å². The highest BCUT2D eigenvalue weighted by Gasteiger charge is 2.40. The van der Waals surface area contributed by atoms with E-state index in [4.69, 9.17) is 23.2 Å². The van der Waals surface area contributed by atoms with Gasteiger partial charge in [0.2, 0.25) is 5.91 Å². The Bertz CT molecular complexity index is 952. The number of Topliss-reactive ketones (excluding diaryl/α,β-unsaturated/α-hetero) is 1. The summed E-state index contributed by atoms with van der Waals surface area (Å²) in [6, 6.07) is -0.705. The third-order valence-electron chi connectivity index (χ3n) is 6.45. The van der Waals surface area contributed by atoms with Gasteiger partial charge in [-0.3, -0.25) is 14.5 Å². The van der Waals surface area contributed by atoms with E-state index >= 15 is 0 Å². The molecule has 3 aliphatic rings. The Morgan fingerprint density at radius 2 is 1.94 bits per heavy atom. The molecule has 0 spiro atoms. The first kappa shape index (κ1) is 26.0. The monoisotopic (exact) mass is 515 g/mol. The summed E-state index contributed by atoms with van der Waals surface area (Å²) in [5, 5.41) is 3.51. The minimum absolute atomic E-state index is 0.0875. The molecule has 3 rings (SSSR count). The maximum absolute atomic E-state index is 12.8. The maximum Gasteiger partial charge on any atom is 0.336 e. The van der Waals surface area contributed by atoms with Crippen LogP contribution in [0.25, 0.3) is 0 Å². The first-order valence-corrected chi connectivity index (χ1v) is 12.7. The fourth-order valence-electron chi connectivity index (χ4n) is 4.33. The van der Waals surface area contributed by atoms with Gasteiger partial charge in [0.15, 0.2) is 5.78 Å². The van der Waals surface area contributed by atoms with Gasteiger partial charge in [-0.05, 0) is 13.3 Å². The fourth-order valence-corrected chi connectivity index (χ4v) is 6.19. The molecule has 0 radical (unpaired) electrons. The number of allylic oxidation sites excluding steroid dienone is 4. The van der Waals surface area contributed by atoms with Crippen molar-refractivity contribution in [1.82, 2.24) is 5.32 Å². The molecule has 180 valence electrons. The van der Waals surface area contributed by atoms with Gasteiger partial charge >= 0.3 is 11.9 Å². The summed E-state index contributed by atoms with van der Waals surface area (Å²) in [4.78, 5) is 50.7. The van der Waals surface area contributed by atoms with Crippen molar-refractivity contribution in [3.05, 3.63) is 32.7 Å². The maximum atomic E-state index is 12.8. The molecule has 2 atom stereocenters. The number of amides is 2. The molecule has 0 bridgehead atoms. The Labute approximate surface area is 207 Å². The zero-order valence-electron chi connectivity index (χ0n) is 19.0. The van der Waals surface area contributed by atoms with Crippen molar-refractivity contribution >= 4 is 58.5 Å². The third kappa shape index (κ3) is 5.73. The van der Waals surface area contributed by atoms with Crippen molar-refractivity contribution in [2.45, 2.75) is 45.6 Å². The van der Waals surface area contributed by atoms with Crippen LogP contribution in [0, 0.1) is 11.3 Å². The molecule has 0 saturated carbocycles. The van der Waals surface area contributed by atoms with Gasteiger partial charge in [-0.25, -0.2) is 9.59 Å². The highest BCUT2D eigenvalue weighted by Crippen LogP contribution is 2.52. The lowest BCUT2D eigenvalue weighted by Gasteiger charge is -2.35. The van der Waals surface area contributed by atoms with Gasteiger partial charge in [0.25, 0.3) is 0 Å². The normalized spacial score (nSPS) is 29.1.